The van der Waals surface area contributed by atoms with Gasteiger partial charge in [0.2, 0.25) is 0 Å². The molecule has 184 valence electrons. The zero-order valence-corrected chi connectivity index (χ0v) is 20.6. The lowest BCUT2D eigenvalue weighted by Gasteiger charge is -2.17. The lowest BCUT2D eigenvalue weighted by atomic mass is 9.97. The minimum absolute atomic E-state index is 0.0476. The molecule has 0 spiro atoms. The zero-order valence-electron chi connectivity index (χ0n) is 19.9. The lowest BCUT2D eigenvalue weighted by Crippen LogP contribution is -2.42. The quantitative estimate of drug-likeness (QED) is 0.287. The van der Waals surface area contributed by atoms with Gasteiger partial charge in [0.15, 0.2) is 11.6 Å². The summed E-state index contributed by atoms with van der Waals surface area (Å²) in [5.74, 6) is 4.53. The number of halogens is 1. The second-order valence-electron chi connectivity index (χ2n) is 8.28. The molecule has 0 radical (unpaired) electrons. The third kappa shape index (κ3) is 6.97. The molecule has 0 aliphatic heterocycles. The summed E-state index contributed by atoms with van der Waals surface area (Å²) in [6.07, 6.45) is 1.82. The highest BCUT2D eigenvalue weighted by Crippen LogP contribution is 2.18. The highest BCUT2D eigenvalue weighted by Gasteiger charge is 2.21. The number of hydrogen-bond acceptors (Lipinski definition) is 6. The lowest BCUT2D eigenvalue weighted by molar-refractivity contribution is -0.124. The van der Waals surface area contributed by atoms with E-state index in [9.17, 15) is 14.4 Å². The van der Waals surface area contributed by atoms with Crippen molar-refractivity contribution in [1.82, 2.24) is 25.5 Å². The van der Waals surface area contributed by atoms with E-state index in [1.807, 2.05) is 30.3 Å². The van der Waals surface area contributed by atoms with Gasteiger partial charge in [0.05, 0.1) is 17.3 Å². The molecule has 3 aromatic carbocycles. The average molecular weight is 512 g/mol. The van der Waals surface area contributed by atoms with Crippen LogP contribution in [0.25, 0.3) is 5.69 Å². The van der Waals surface area contributed by atoms with Crippen molar-refractivity contribution in [2.45, 2.75) is 25.8 Å². The summed E-state index contributed by atoms with van der Waals surface area (Å²) in [5, 5.41) is 14.3. The molecule has 4 aromatic rings. The van der Waals surface area contributed by atoms with Crippen LogP contribution in [0.4, 0.5) is 0 Å². The molecule has 1 heterocycles. The van der Waals surface area contributed by atoms with Crippen LogP contribution < -0.4 is 5.32 Å². The number of Topliss-reactive ketones (excluding diaryl/α,β-unsaturated/α-hetero) is 2. The first-order valence-electron chi connectivity index (χ1n) is 11.4. The number of nitrogens with zero attached hydrogens (tertiary/aromatic N) is 4. The number of hydrogen-bond donors (Lipinski definition) is 1. The van der Waals surface area contributed by atoms with Gasteiger partial charge in [-0.15, -0.1) is 5.10 Å². The first kappa shape index (κ1) is 25.5. The molecule has 1 N–H and O–H groups in total. The summed E-state index contributed by atoms with van der Waals surface area (Å²) in [7, 11) is 0. The molecule has 0 saturated carbocycles. The third-order valence-electron chi connectivity index (χ3n) is 5.58. The van der Waals surface area contributed by atoms with Gasteiger partial charge in [-0.1, -0.05) is 72.1 Å². The highest BCUT2D eigenvalue weighted by atomic mass is 35.5. The molecular formula is C28H22ClN5O3. The van der Waals surface area contributed by atoms with Gasteiger partial charge in [-0.05, 0) is 53.1 Å². The first-order valence-corrected chi connectivity index (χ1v) is 11.8. The number of ketones is 2. The van der Waals surface area contributed by atoms with Crippen molar-refractivity contribution in [3.05, 3.63) is 106 Å². The van der Waals surface area contributed by atoms with Crippen LogP contribution in [0.15, 0.2) is 79.1 Å². The number of nitrogens with one attached hydrogen (secondary N) is 1. The molecule has 0 bridgehead atoms. The van der Waals surface area contributed by atoms with Crippen LogP contribution in [0.2, 0.25) is 5.02 Å². The van der Waals surface area contributed by atoms with E-state index < -0.39 is 11.9 Å². The van der Waals surface area contributed by atoms with Crippen molar-refractivity contribution in [1.29, 1.82) is 0 Å². The number of tetrazole rings is 1. The summed E-state index contributed by atoms with van der Waals surface area (Å²) in [5.41, 5.74) is 3.23. The van der Waals surface area contributed by atoms with Gasteiger partial charge >= 0.3 is 0 Å². The van der Waals surface area contributed by atoms with Crippen molar-refractivity contribution in [3.63, 3.8) is 0 Å². The van der Waals surface area contributed by atoms with Gasteiger partial charge in [0.25, 0.3) is 5.91 Å². The zero-order chi connectivity index (χ0) is 26.2. The van der Waals surface area contributed by atoms with Gasteiger partial charge in [-0.25, -0.2) is 0 Å². The molecule has 0 unspecified atom stereocenters. The molecule has 1 atom stereocenters. The number of aromatic nitrogens is 4. The second-order valence-corrected chi connectivity index (χ2v) is 8.71. The van der Waals surface area contributed by atoms with Gasteiger partial charge in [-0.2, -0.15) is 4.68 Å². The minimum atomic E-state index is -0.796. The van der Waals surface area contributed by atoms with Crippen LogP contribution >= 0.6 is 11.6 Å². The Hall–Kier alpha value is -4.61. The van der Waals surface area contributed by atoms with E-state index >= 15 is 0 Å². The summed E-state index contributed by atoms with van der Waals surface area (Å²) < 4.78 is 1.41. The van der Waals surface area contributed by atoms with Crippen LogP contribution in [0.5, 0.6) is 0 Å². The average Bonchev–Trinajstić information content (AvgIpc) is 3.43. The van der Waals surface area contributed by atoms with Gasteiger partial charge in [0.1, 0.15) is 6.33 Å². The smallest absolute Gasteiger partial charge is 0.296 e. The Labute approximate surface area is 218 Å². The van der Waals surface area contributed by atoms with Crippen molar-refractivity contribution in [2.75, 3.05) is 0 Å². The normalized spacial score (nSPS) is 11.2. The molecule has 9 heteroatoms. The molecule has 8 nitrogen and oxygen atoms in total. The van der Waals surface area contributed by atoms with E-state index in [0.717, 1.165) is 11.1 Å². The van der Waals surface area contributed by atoms with Crippen molar-refractivity contribution in [2.24, 2.45) is 0 Å². The number of amides is 1. The maximum Gasteiger partial charge on any atom is 0.296 e. The van der Waals surface area contributed by atoms with Crippen LogP contribution in [-0.2, 0) is 22.4 Å². The summed E-state index contributed by atoms with van der Waals surface area (Å²) in [6, 6.07) is 20.5. The van der Waals surface area contributed by atoms with Crippen LogP contribution in [-0.4, -0.2) is 43.7 Å². The van der Waals surface area contributed by atoms with Gasteiger partial charge in [0, 0.05) is 22.9 Å². The third-order valence-corrected chi connectivity index (χ3v) is 5.82. The fourth-order valence-corrected chi connectivity index (χ4v) is 3.85. The Morgan fingerprint density at radius 1 is 1.00 bits per heavy atom. The maximum atomic E-state index is 13.2. The van der Waals surface area contributed by atoms with Gasteiger partial charge in [-0.3, -0.25) is 14.4 Å². The predicted molar refractivity (Wildman–Crippen MR) is 138 cm³/mol. The Morgan fingerprint density at radius 2 is 1.76 bits per heavy atom. The summed E-state index contributed by atoms with van der Waals surface area (Å²) >= 11 is 6.12. The van der Waals surface area contributed by atoms with Crippen molar-refractivity contribution in [3.8, 4) is 17.5 Å². The monoisotopic (exact) mass is 511 g/mol. The van der Waals surface area contributed by atoms with E-state index in [1.165, 1.54) is 17.9 Å². The number of rotatable bonds is 8. The molecule has 4 rings (SSSR count). The summed E-state index contributed by atoms with van der Waals surface area (Å²) in [4.78, 5) is 37.6. The van der Waals surface area contributed by atoms with E-state index in [1.54, 1.807) is 42.5 Å². The molecule has 37 heavy (non-hydrogen) atoms. The molecule has 0 fully saturated rings. The molecule has 0 aliphatic carbocycles. The van der Waals surface area contributed by atoms with E-state index in [2.05, 4.69) is 32.7 Å². The van der Waals surface area contributed by atoms with E-state index in [4.69, 9.17) is 11.6 Å². The summed E-state index contributed by atoms with van der Waals surface area (Å²) in [6.45, 7) is 1.49. The van der Waals surface area contributed by atoms with Crippen molar-refractivity contribution >= 4 is 29.1 Å². The Bertz CT molecular complexity index is 1470. The largest absolute Gasteiger partial charge is 0.335 e. The standard InChI is InChI=1S/C28H22ClN5O3/c1-19(35)22-9-7-21(8-10-22)16-27(36)25(15-20-5-3-2-4-6-20)31-28(37)14-11-23-17-24(29)12-13-26(23)34-18-30-32-33-34/h2-10,12-13,17-18,25H,15-16H2,1H3,(H,31,37)/t25-/m0/s1. The van der Waals surface area contributed by atoms with E-state index in [-0.39, 0.29) is 18.0 Å². The fourth-order valence-electron chi connectivity index (χ4n) is 3.68. The second kappa shape index (κ2) is 11.9. The molecule has 1 amide bonds. The van der Waals surface area contributed by atoms with Crippen molar-refractivity contribution < 1.29 is 14.4 Å². The number of carbonyl (C=O) groups is 3. The Kier molecular flexibility index (Phi) is 8.18. The van der Waals surface area contributed by atoms with Crippen LogP contribution in [0.1, 0.15) is 34.0 Å². The van der Waals surface area contributed by atoms with Crippen LogP contribution in [0, 0.1) is 11.8 Å². The minimum Gasteiger partial charge on any atom is -0.335 e. The maximum absolute atomic E-state index is 13.2. The fraction of sp³-hybridized carbons (Fsp3) is 0.143. The Morgan fingerprint density at radius 3 is 2.43 bits per heavy atom. The van der Waals surface area contributed by atoms with Gasteiger partial charge < -0.3 is 5.32 Å². The molecule has 0 aliphatic rings. The highest BCUT2D eigenvalue weighted by molar-refractivity contribution is 6.30. The Balaban J connectivity index is 1.54. The topological polar surface area (TPSA) is 107 Å². The predicted octanol–water partition coefficient (Wildman–Crippen LogP) is 3.41. The molecular weight excluding hydrogens is 490 g/mol. The first-order chi connectivity index (χ1) is 17.9. The molecule has 0 saturated heterocycles. The SMILES string of the molecule is CC(=O)c1ccc(CC(=O)[C@H](Cc2ccccc2)NC(=O)C#Cc2cc(Cl)ccc2-n2cnnn2)cc1. The number of carbonyl (C=O) groups excluding carboxylic acids is 3. The molecule has 1 aromatic heterocycles. The number of benzene rings is 3. The van der Waals surface area contributed by atoms with Crippen LogP contribution in [0.3, 0.4) is 0 Å². The van der Waals surface area contributed by atoms with E-state index in [0.29, 0.717) is 28.3 Å².